The molecule has 2 aromatic heterocycles. The van der Waals surface area contributed by atoms with Crippen LogP contribution in [0.1, 0.15) is 29.8 Å². The van der Waals surface area contributed by atoms with E-state index in [1.54, 1.807) is 30.7 Å². The Kier molecular flexibility index (Phi) is 6.47. The summed E-state index contributed by atoms with van der Waals surface area (Å²) in [5, 5.41) is 6.89. The van der Waals surface area contributed by atoms with Crippen LogP contribution in [-0.4, -0.2) is 47.9 Å². The first-order chi connectivity index (χ1) is 17.9. The second-order valence-corrected chi connectivity index (χ2v) is 8.84. The van der Waals surface area contributed by atoms with Crippen LogP contribution in [0.5, 0.6) is 17.2 Å². The first-order valence-electron chi connectivity index (χ1n) is 12.1. The van der Waals surface area contributed by atoms with E-state index in [-0.39, 0.29) is 18.3 Å². The van der Waals surface area contributed by atoms with E-state index in [1.807, 2.05) is 31.3 Å². The lowest BCUT2D eigenvalue weighted by Gasteiger charge is -2.16. The lowest BCUT2D eigenvalue weighted by atomic mass is 10.1. The number of hydrogen-bond acceptors (Lipinski definition) is 6. The number of aryl methyl sites for hydroxylation is 1. The Balaban J connectivity index is 1.26. The maximum atomic E-state index is 13.2. The number of carbonyl (C=O) groups excluding carboxylic acids is 2. The number of amides is 2. The second kappa shape index (κ2) is 9.88. The summed E-state index contributed by atoms with van der Waals surface area (Å²) < 4.78 is 17.9. The van der Waals surface area contributed by atoms with E-state index in [9.17, 15) is 14.4 Å². The van der Waals surface area contributed by atoms with Crippen LogP contribution in [0.3, 0.4) is 0 Å². The standard InChI is InChI=1S/C27H28N4O6/c1-4-31-13-20(25(32)19-10-23-24(11-22(19)31)37-14-36-23)27(34)30-15(2)26(33)28-8-7-16-12-29-21-6-5-17(35-3)9-18(16)21/h5-6,9-13,15,29H,4,7-8,14H2,1-3H3,(H,28,33)(H,30,34)/t15-/m0/s1. The first-order valence-corrected chi connectivity index (χ1v) is 12.1. The molecule has 0 spiro atoms. The second-order valence-electron chi connectivity index (χ2n) is 8.84. The maximum Gasteiger partial charge on any atom is 0.257 e. The zero-order valence-electron chi connectivity index (χ0n) is 20.8. The summed E-state index contributed by atoms with van der Waals surface area (Å²) in [6.07, 6.45) is 4.02. The molecule has 0 bridgehead atoms. The van der Waals surface area contributed by atoms with E-state index in [1.165, 1.54) is 6.20 Å². The van der Waals surface area contributed by atoms with Gasteiger partial charge in [-0.1, -0.05) is 0 Å². The van der Waals surface area contributed by atoms with E-state index >= 15 is 0 Å². The predicted octanol–water partition coefficient (Wildman–Crippen LogP) is 2.72. The number of carbonyl (C=O) groups is 2. The van der Waals surface area contributed by atoms with Crippen molar-refractivity contribution in [1.29, 1.82) is 0 Å². The summed E-state index contributed by atoms with van der Waals surface area (Å²) in [6, 6.07) is 8.28. The third-order valence-electron chi connectivity index (χ3n) is 6.57. The fourth-order valence-electron chi connectivity index (χ4n) is 4.51. The van der Waals surface area contributed by atoms with Gasteiger partial charge in [-0.15, -0.1) is 0 Å². The van der Waals surface area contributed by atoms with E-state index in [4.69, 9.17) is 14.2 Å². The third-order valence-corrected chi connectivity index (χ3v) is 6.57. The molecule has 3 N–H and O–H groups in total. The van der Waals surface area contributed by atoms with E-state index in [0.29, 0.717) is 41.9 Å². The Labute approximate surface area is 212 Å². The number of rotatable bonds is 8. The van der Waals surface area contributed by atoms with Gasteiger partial charge in [-0.3, -0.25) is 14.4 Å². The first kappa shape index (κ1) is 24.2. The molecule has 5 rings (SSSR count). The molecule has 0 unspecified atom stereocenters. The van der Waals surface area contributed by atoms with Crippen LogP contribution >= 0.6 is 0 Å². The lowest BCUT2D eigenvalue weighted by Crippen LogP contribution is -2.46. The SMILES string of the molecule is CCn1cc(C(=O)N[C@@H](C)C(=O)NCCc2c[nH]c3ccc(OC)cc23)c(=O)c2cc3c(cc21)OCO3. The van der Waals surface area contributed by atoms with Gasteiger partial charge in [-0.2, -0.15) is 0 Å². The molecule has 0 saturated heterocycles. The van der Waals surface area contributed by atoms with Gasteiger partial charge in [-0.05, 0) is 50.1 Å². The Morgan fingerprint density at radius 3 is 2.70 bits per heavy atom. The maximum absolute atomic E-state index is 13.2. The highest BCUT2D eigenvalue weighted by Crippen LogP contribution is 2.35. The largest absolute Gasteiger partial charge is 0.497 e. The quantitative estimate of drug-likeness (QED) is 0.339. The number of ether oxygens (including phenoxy) is 3. The molecule has 10 heteroatoms. The topological polar surface area (TPSA) is 124 Å². The van der Waals surface area contributed by atoms with Crippen LogP contribution in [0.15, 0.2) is 47.5 Å². The van der Waals surface area contributed by atoms with Gasteiger partial charge in [0, 0.05) is 42.5 Å². The summed E-state index contributed by atoms with van der Waals surface area (Å²) in [4.78, 5) is 42.1. The minimum absolute atomic E-state index is 0.0411. The van der Waals surface area contributed by atoms with Gasteiger partial charge in [0.05, 0.1) is 18.0 Å². The van der Waals surface area contributed by atoms with Crippen molar-refractivity contribution in [2.45, 2.75) is 32.9 Å². The molecule has 0 aliphatic carbocycles. The molecular weight excluding hydrogens is 476 g/mol. The highest BCUT2D eigenvalue weighted by atomic mass is 16.7. The van der Waals surface area contributed by atoms with Crippen LogP contribution in [0.4, 0.5) is 0 Å². The van der Waals surface area contributed by atoms with Gasteiger partial charge >= 0.3 is 0 Å². The molecular formula is C27H28N4O6. The van der Waals surface area contributed by atoms with Crippen molar-refractivity contribution in [2.75, 3.05) is 20.4 Å². The van der Waals surface area contributed by atoms with Crippen molar-refractivity contribution in [2.24, 2.45) is 0 Å². The zero-order valence-corrected chi connectivity index (χ0v) is 20.8. The van der Waals surface area contributed by atoms with Gasteiger partial charge in [0.2, 0.25) is 18.1 Å². The molecule has 0 saturated carbocycles. The molecule has 0 fully saturated rings. The molecule has 1 aliphatic rings. The van der Waals surface area contributed by atoms with Crippen molar-refractivity contribution in [3.63, 3.8) is 0 Å². The van der Waals surface area contributed by atoms with Gasteiger partial charge in [0.15, 0.2) is 11.5 Å². The van der Waals surface area contributed by atoms with E-state index in [0.717, 1.165) is 22.2 Å². The predicted molar refractivity (Wildman–Crippen MR) is 138 cm³/mol. The van der Waals surface area contributed by atoms with Crippen LogP contribution in [0.2, 0.25) is 0 Å². The minimum atomic E-state index is -0.836. The Hall–Kier alpha value is -4.47. The molecule has 37 heavy (non-hydrogen) atoms. The molecule has 10 nitrogen and oxygen atoms in total. The summed E-state index contributed by atoms with van der Waals surface area (Å²) in [6.45, 7) is 4.50. The van der Waals surface area contributed by atoms with Gasteiger partial charge in [0.1, 0.15) is 17.4 Å². The molecule has 2 amide bonds. The van der Waals surface area contributed by atoms with Crippen molar-refractivity contribution in [3.05, 3.63) is 64.1 Å². The third kappa shape index (κ3) is 4.57. The van der Waals surface area contributed by atoms with Crippen LogP contribution in [-0.2, 0) is 17.8 Å². The van der Waals surface area contributed by atoms with Gasteiger partial charge in [-0.25, -0.2) is 0 Å². The molecule has 0 radical (unpaired) electrons. The highest BCUT2D eigenvalue weighted by Gasteiger charge is 2.23. The van der Waals surface area contributed by atoms with Crippen molar-refractivity contribution < 1.29 is 23.8 Å². The molecule has 3 heterocycles. The number of aromatic nitrogens is 2. The fraction of sp³-hybridized carbons (Fsp3) is 0.296. The number of benzene rings is 2. The van der Waals surface area contributed by atoms with Crippen LogP contribution in [0, 0.1) is 0 Å². The normalized spacial score (nSPS) is 13.1. The van der Waals surface area contributed by atoms with Crippen LogP contribution in [0.25, 0.3) is 21.8 Å². The average molecular weight is 505 g/mol. The Morgan fingerprint density at radius 2 is 1.95 bits per heavy atom. The number of hydrogen-bond donors (Lipinski definition) is 3. The zero-order chi connectivity index (χ0) is 26.1. The van der Waals surface area contributed by atoms with E-state index in [2.05, 4.69) is 15.6 Å². The molecule has 1 atom stereocenters. The summed E-state index contributed by atoms with van der Waals surface area (Å²) in [5.74, 6) is 0.827. The smallest absolute Gasteiger partial charge is 0.257 e. The lowest BCUT2D eigenvalue weighted by molar-refractivity contribution is -0.122. The van der Waals surface area contributed by atoms with E-state index < -0.39 is 17.4 Å². The number of aromatic amines is 1. The number of pyridine rings is 1. The highest BCUT2D eigenvalue weighted by molar-refractivity contribution is 6.00. The van der Waals surface area contributed by atoms with Crippen molar-refractivity contribution >= 4 is 33.6 Å². The minimum Gasteiger partial charge on any atom is -0.497 e. The van der Waals surface area contributed by atoms with Crippen molar-refractivity contribution in [3.8, 4) is 17.2 Å². The summed E-state index contributed by atoms with van der Waals surface area (Å²) in [7, 11) is 1.62. The molecule has 1 aliphatic heterocycles. The average Bonchev–Trinajstić information content (AvgIpc) is 3.54. The number of nitrogens with one attached hydrogen (secondary N) is 3. The molecule has 4 aromatic rings. The Morgan fingerprint density at radius 1 is 1.16 bits per heavy atom. The fourth-order valence-corrected chi connectivity index (χ4v) is 4.51. The molecule has 192 valence electrons. The van der Waals surface area contributed by atoms with Gasteiger partial charge in [0.25, 0.3) is 5.91 Å². The van der Waals surface area contributed by atoms with Crippen molar-refractivity contribution in [1.82, 2.24) is 20.2 Å². The molecule has 2 aromatic carbocycles. The number of methoxy groups -OCH3 is 1. The monoisotopic (exact) mass is 504 g/mol. The van der Waals surface area contributed by atoms with Crippen LogP contribution < -0.4 is 30.3 Å². The number of fused-ring (bicyclic) bond motifs is 3. The van der Waals surface area contributed by atoms with Gasteiger partial charge < -0.3 is 34.4 Å². The Bertz CT molecular complexity index is 1570. The number of H-pyrrole nitrogens is 1. The summed E-state index contributed by atoms with van der Waals surface area (Å²) >= 11 is 0. The number of nitrogens with zero attached hydrogens (tertiary/aromatic N) is 1. The summed E-state index contributed by atoms with van der Waals surface area (Å²) in [5.41, 5.74) is 2.20.